The standard InChI is InChI=1S/C14H15NS/c15-10-12-6-8-14(9-7-12)16-11-13-4-2-1-3-5-13/h1-9H,10-11,15H2. The van der Waals surface area contributed by atoms with Crippen LogP contribution in [-0.4, -0.2) is 0 Å². The van der Waals surface area contributed by atoms with Gasteiger partial charge in [0.15, 0.2) is 0 Å². The Morgan fingerprint density at radius 1 is 0.812 bits per heavy atom. The maximum atomic E-state index is 5.56. The zero-order valence-electron chi connectivity index (χ0n) is 9.10. The average Bonchev–Trinajstić information content (AvgIpc) is 2.38. The van der Waals surface area contributed by atoms with E-state index in [1.807, 2.05) is 17.8 Å². The molecule has 0 aliphatic rings. The molecule has 0 saturated carbocycles. The van der Waals surface area contributed by atoms with Gasteiger partial charge < -0.3 is 5.73 Å². The summed E-state index contributed by atoms with van der Waals surface area (Å²) < 4.78 is 0. The molecule has 16 heavy (non-hydrogen) atoms. The molecule has 82 valence electrons. The molecule has 0 atom stereocenters. The number of nitrogens with two attached hydrogens (primary N) is 1. The van der Waals surface area contributed by atoms with Gasteiger partial charge in [0.2, 0.25) is 0 Å². The summed E-state index contributed by atoms with van der Waals surface area (Å²) in [6.07, 6.45) is 0. The molecule has 0 spiro atoms. The molecular formula is C14H15NS. The third kappa shape index (κ3) is 3.12. The monoisotopic (exact) mass is 229 g/mol. The Bertz CT molecular complexity index is 422. The van der Waals surface area contributed by atoms with Gasteiger partial charge in [-0.2, -0.15) is 0 Å². The number of rotatable bonds is 4. The predicted octanol–water partition coefficient (Wildman–Crippen LogP) is 3.44. The van der Waals surface area contributed by atoms with E-state index in [1.54, 1.807) is 0 Å². The molecule has 2 aromatic rings. The first kappa shape index (κ1) is 11.2. The molecule has 1 nitrogen and oxygen atoms in total. The summed E-state index contributed by atoms with van der Waals surface area (Å²) in [5, 5.41) is 0. The van der Waals surface area contributed by atoms with Crippen molar-refractivity contribution in [3.63, 3.8) is 0 Å². The first-order chi connectivity index (χ1) is 7.88. The van der Waals surface area contributed by atoms with Gasteiger partial charge in [-0.15, -0.1) is 11.8 Å². The third-order valence-electron chi connectivity index (χ3n) is 2.41. The second kappa shape index (κ2) is 5.73. The van der Waals surface area contributed by atoms with E-state index in [9.17, 15) is 0 Å². The molecule has 0 unspecified atom stereocenters. The minimum Gasteiger partial charge on any atom is -0.326 e. The van der Waals surface area contributed by atoms with Gasteiger partial charge in [0, 0.05) is 17.2 Å². The molecule has 2 heteroatoms. The maximum absolute atomic E-state index is 5.56. The van der Waals surface area contributed by atoms with Crippen LogP contribution in [0.15, 0.2) is 59.5 Å². The first-order valence-electron chi connectivity index (χ1n) is 5.34. The van der Waals surface area contributed by atoms with Crippen LogP contribution in [0.2, 0.25) is 0 Å². The summed E-state index contributed by atoms with van der Waals surface area (Å²) in [6, 6.07) is 19.0. The van der Waals surface area contributed by atoms with Crippen LogP contribution in [0.25, 0.3) is 0 Å². The molecule has 0 fully saturated rings. The van der Waals surface area contributed by atoms with Crippen molar-refractivity contribution >= 4 is 11.8 Å². The zero-order chi connectivity index (χ0) is 11.2. The normalized spacial score (nSPS) is 10.3. The van der Waals surface area contributed by atoms with Crippen molar-refractivity contribution in [2.45, 2.75) is 17.2 Å². The molecule has 0 radical (unpaired) electrons. The van der Waals surface area contributed by atoms with Crippen molar-refractivity contribution in [2.75, 3.05) is 0 Å². The Hall–Kier alpha value is -1.25. The van der Waals surface area contributed by atoms with Gasteiger partial charge in [-0.05, 0) is 23.3 Å². The minimum atomic E-state index is 0.615. The lowest BCUT2D eigenvalue weighted by atomic mass is 10.2. The summed E-state index contributed by atoms with van der Waals surface area (Å²) in [5.41, 5.74) is 8.10. The molecule has 0 aromatic heterocycles. The van der Waals surface area contributed by atoms with E-state index in [4.69, 9.17) is 5.73 Å². The highest BCUT2D eigenvalue weighted by Crippen LogP contribution is 2.22. The smallest absolute Gasteiger partial charge is 0.0231 e. The predicted molar refractivity (Wildman–Crippen MR) is 70.3 cm³/mol. The lowest BCUT2D eigenvalue weighted by Gasteiger charge is -2.03. The summed E-state index contributed by atoms with van der Waals surface area (Å²) in [6.45, 7) is 0.615. The summed E-state index contributed by atoms with van der Waals surface area (Å²) in [7, 11) is 0. The average molecular weight is 229 g/mol. The van der Waals surface area contributed by atoms with Crippen molar-refractivity contribution in [3.8, 4) is 0 Å². The molecular weight excluding hydrogens is 214 g/mol. The molecule has 2 rings (SSSR count). The Balaban J connectivity index is 1.94. The van der Waals surface area contributed by atoms with Gasteiger partial charge in [-0.3, -0.25) is 0 Å². The van der Waals surface area contributed by atoms with Crippen LogP contribution in [0.5, 0.6) is 0 Å². The molecule has 0 aliphatic carbocycles. The van der Waals surface area contributed by atoms with Crippen LogP contribution in [0.4, 0.5) is 0 Å². The molecule has 0 heterocycles. The third-order valence-corrected chi connectivity index (χ3v) is 3.49. The van der Waals surface area contributed by atoms with E-state index in [0.29, 0.717) is 6.54 Å². The van der Waals surface area contributed by atoms with Crippen LogP contribution in [-0.2, 0) is 12.3 Å². The number of hydrogen-bond donors (Lipinski definition) is 1. The van der Waals surface area contributed by atoms with E-state index in [2.05, 4.69) is 48.5 Å². The fourth-order valence-electron chi connectivity index (χ4n) is 1.46. The Morgan fingerprint density at radius 2 is 1.50 bits per heavy atom. The van der Waals surface area contributed by atoms with Crippen molar-refractivity contribution in [1.29, 1.82) is 0 Å². The quantitative estimate of drug-likeness (QED) is 0.813. The van der Waals surface area contributed by atoms with Crippen LogP contribution < -0.4 is 5.73 Å². The highest BCUT2D eigenvalue weighted by molar-refractivity contribution is 7.98. The maximum Gasteiger partial charge on any atom is 0.0231 e. The van der Waals surface area contributed by atoms with Gasteiger partial charge in [0.05, 0.1) is 0 Å². The minimum absolute atomic E-state index is 0.615. The number of hydrogen-bond acceptors (Lipinski definition) is 2. The van der Waals surface area contributed by atoms with Gasteiger partial charge in [-0.25, -0.2) is 0 Å². The molecule has 0 bridgehead atoms. The molecule has 0 amide bonds. The highest BCUT2D eigenvalue weighted by atomic mass is 32.2. The van der Waals surface area contributed by atoms with Gasteiger partial charge in [0.25, 0.3) is 0 Å². The van der Waals surface area contributed by atoms with E-state index in [-0.39, 0.29) is 0 Å². The van der Waals surface area contributed by atoms with Crippen molar-refractivity contribution in [1.82, 2.24) is 0 Å². The number of benzene rings is 2. The van der Waals surface area contributed by atoms with Gasteiger partial charge >= 0.3 is 0 Å². The molecule has 2 N–H and O–H groups in total. The Labute approximate surface area is 101 Å². The van der Waals surface area contributed by atoms with Crippen LogP contribution >= 0.6 is 11.8 Å². The van der Waals surface area contributed by atoms with Crippen molar-refractivity contribution in [3.05, 3.63) is 65.7 Å². The number of thioether (sulfide) groups is 1. The lowest BCUT2D eigenvalue weighted by molar-refractivity contribution is 1.07. The van der Waals surface area contributed by atoms with Crippen LogP contribution in [0, 0.1) is 0 Å². The highest BCUT2D eigenvalue weighted by Gasteiger charge is 1.96. The van der Waals surface area contributed by atoms with E-state index in [0.717, 1.165) is 5.75 Å². The van der Waals surface area contributed by atoms with Crippen LogP contribution in [0.1, 0.15) is 11.1 Å². The van der Waals surface area contributed by atoms with E-state index < -0.39 is 0 Å². The fourth-order valence-corrected chi connectivity index (χ4v) is 2.32. The second-order valence-corrected chi connectivity index (χ2v) is 4.67. The van der Waals surface area contributed by atoms with Gasteiger partial charge in [0.1, 0.15) is 0 Å². The SMILES string of the molecule is NCc1ccc(SCc2ccccc2)cc1. The van der Waals surface area contributed by atoms with Crippen LogP contribution in [0.3, 0.4) is 0 Å². The van der Waals surface area contributed by atoms with Crippen molar-refractivity contribution in [2.24, 2.45) is 5.73 Å². The second-order valence-electron chi connectivity index (χ2n) is 3.62. The topological polar surface area (TPSA) is 26.0 Å². The Morgan fingerprint density at radius 3 is 2.12 bits per heavy atom. The fraction of sp³-hybridized carbons (Fsp3) is 0.143. The summed E-state index contributed by atoms with van der Waals surface area (Å²) in [5.74, 6) is 1.02. The Kier molecular flexibility index (Phi) is 4.03. The first-order valence-corrected chi connectivity index (χ1v) is 6.33. The van der Waals surface area contributed by atoms with E-state index >= 15 is 0 Å². The molecule has 0 aliphatic heterocycles. The molecule has 0 saturated heterocycles. The largest absolute Gasteiger partial charge is 0.326 e. The summed E-state index contributed by atoms with van der Waals surface area (Å²) >= 11 is 1.85. The van der Waals surface area contributed by atoms with E-state index in [1.165, 1.54) is 16.0 Å². The lowest BCUT2D eigenvalue weighted by Crippen LogP contribution is -1.94. The zero-order valence-corrected chi connectivity index (χ0v) is 9.91. The molecule has 2 aromatic carbocycles. The van der Waals surface area contributed by atoms with Gasteiger partial charge in [-0.1, -0.05) is 42.5 Å². The summed E-state index contributed by atoms with van der Waals surface area (Å²) in [4.78, 5) is 1.29. The van der Waals surface area contributed by atoms with Crippen molar-refractivity contribution < 1.29 is 0 Å².